The molecule has 0 saturated carbocycles. The van der Waals surface area contributed by atoms with Gasteiger partial charge in [0.2, 0.25) is 5.60 Å². The normalized spacial score (nSPS) is 24.7. The van der Waals surface area contributed by atoms with Crippen LogP contribution in [-0.4, -0.2) is 18.6 Å². The van der Waals surface area contributed by atoms with Gasteiger partial charge >= 0.3 is 0 Å². The SMILES string of the molecule is COc1ccc([C@H]2OC(C#N)(C#N)[C@@]3(O2)C(=O)Nc2ccc(Cl)cc23)cc1. The fraction of sp³-hybridized carbons (Fsp3) is 0.211. The Kier molecular flexibility index (Phi) is 3.83. The third-order valence-corrected chi connectivity index (χ3v) is 4.93. The van der Waals surface area contributed by atoms with Crippen molar-refractivity contribution < 1.29 is 19.0 Å². The average molecular weight is 382 g/mol. The second-order valence-corrected chi connectivity index (χ2v) is 6.51. The predicted molar refractivity (Wildman–Crippen MR) is 93.6 cm³/mol. The molecule has 2 heterocycles. The largest absolute Gasteiger partial charge is 0.497 e. The monoisotopic (exact) mass is 381 g/mol. The zero-order chi connectivity index (χ0) is 19.2. The molecule has 0 aromatic heterocycles. The molecule has 1 spiro atoms. The highest BCUT2D eigenvalue weighted by Crippen LogP contribution is 2.56. The van der Waals surface area contributed by atoms with Crippen LogP contribution in [0.4, 0.5) is 5.69 Å². The molecule has 0 bridgehead atoms. The summed E-state index contributed by atoms with van der Waals surface area (Å²) in [6.45, 7) is 0. The second kappa shape index (κ2) is 5.97. The number of rotatable bonds is 2. The molecule has 0 unspecified atom stereocenters. The number of carbonyl (C=O) groups excluding carboxylic acids is 1. The Morgan fingerprint density at radius 1 is 1.15 bits per heavy atom. The van der Waals surface area contributed by atoms with Gasteiger partial charge < -0.3 is 19.5 Å². The highest BCUT2D eigenvalue weighted by atomic mass is 35.5. The van der Waals surface area contributed by atoms with E-state index in [2.05, 4.69) is 5.32 Å². The molecule has 8 heteroatoms. The molecule has 7 nitrogen and oxygen atoms in total. The van der Waals surface area contributed by atoms with Gasteiger partial charge in [0.05, 0.1) is 7.11 Å². The summed E-state index contributed by atoms with van der Waals surface area (Å²) in [5, 5.41) is 22.6. The van der Waals surface area contributed by atoms with Crippen molar-refractivity contribution in [2.75, 3.05) is 12.4 Å². The van der Waals surface area contributed by atoms with Crippen molar-refractivity contribution >= 4 is 23.2 Å². The Morgan fingerprint density at radius 3 is 2.48 bits per heavy atom. The van der Waals surface area contributed by atoms with E-state index in [-0.39, 0.29) is 0 Å². The van der Waals surface area contributed by atoms with Crippen molar-refractivity contribution in [3.05, 3.63) is 58.6 Å². The number of nitrogens with one attached hydrogen (secondary N) is 1. The molecule has 2 aliphatic rings. The maximum atomic E-state index is 12.9. The Morgan fingerprint density at radius 2 is 1.85 bits per heavy atom. The van der Waals surface area contributed by atoms with Crippen molar-refractivity contribution in [1.29, 1.82) is 10.5 Å². The van der Waals surface area contributed by atoms with Gasteiger partial charge in [0.15, 0.2) is 6.29 Å². The van der Waals surface area contributed by atoms with Crippen LogP contribution in [0.2, 0.25) is 5.02 Å². The number of amides is 1. The van der Waals surface area contributed by atoms with Crippen molar-refractivity contribution in [1.82, 2.24) is 0 Å². The molecule has 4 rings (SSSR count). The number of carbonyl (C=O) groups is 1. The van der Waals surface area contributed by atoms with Crippen molar-refractivity contribution in [2.24, 2.45) is 0 Å². The minimum atomic E-state index is -2.18. The number of methoxy groups -OCH3 is 1. The first-order chi connectivity index (χ1) is 13.0. The summed E-state index contributed by atoms with van der Waals surface area (Å²) < 4.78 is 16.8. The summed E-state index contributed by atoms with van der Waals surface area (Å²) >= 11 is 6.08. The van der Waals surface area contributed by atoms with Crippen molar-refractivity contribution in [3.8, 4) is 17.9 Å². The van der Waals surface area contributed by atoms with Gasteiger partial charge in [0.1, 0.15) is 17.9 Å². The van der Waals surface area contributed by atoms with E-state index in [0.29, 0.717) is 27.6 Å². The van der Waals surface area contributed by atoms with Crippen LogP contribution in [-0.2, 0) is 19.9 Å². The molecule has 1 saturated heterocycles. The van der Waals surface area contributed by atoms with Gasteiger partial charge in [-0.3, -0.25) is 4.79 Å². The van der Waals surface area contributed by atoms with Crippen LogP contribution in [0.3, 0.4) is 0 Å². The molecule has 1 N–H and O–H groups in total. The maximum Gasteiger partial charge on any atom is 0.286 e. The van der Waals surface area contributed by atoms with Crippen LogP contribution in [0.1, 0.15) is 17.4 Å². The number of benzene rings is 2. The molecule has 0 aliphatic carbocycles. The number of nitrogens with zero attached hydrogens (tertiary/aromatic N) is 2. The van der Waals surface area contributed by atoms with E-state index < -0.39 is 23.4 Å². The second-order valence-electron chi connectivity index (χ2n) is 6.07. The number of hydrogen-bond acceptors (Lipinski definition) is 6. The first-order valence-corrected chi connectivity index (χ1v) is 8.31. The Labute approximate surface area is 159 Å². The van der Waals surface area contributed by atoms with Gasteiger partial charge in [-0.2, -0.15) is 10.5 Å². The number of anilines is 1. The first kappa shape index (κ1) is 17.3. The van der Waals surface area contributed by atoms with Gasteiger partial charge in [0.25, 0.3) is 11.5 Å². The molecular formula is C19H12ClN3O4. The average Bonchev–Trinajstić information content (AvgIpc) is 3.19. The lowest BCUT2D eigenvalue weighted by Gasteiger charge is -2.27. The molecule has 27 heavy (non-hydrogen) atoms. The van der Waals surface area contributed by atoms with Crippen LogP contribution in [0, 0.1) is 22.7 Å². The lowest BCUT2D eigenvalue weighted by Crippen LogP contribution is -2.52. The van der Waals surface area contributed by atoms with Crippen LogP contribution in [0.5, 0.6) is 5.75 Å². The van der Waals surface area contributed by atoms with Crippen molar-refractivity contribution in [2.45, 2.75) is 17.5 Å². The Bertz CT molecular complexity index is 1010. The molecule has 0 radical (unpaired) electrons. The summed E-state index contributed by atoms with van der Waals surface area (Å²) in [6.07, 6.45) is -1.11. The standard InChI is InChI=1S/C19H12ClN3O4/c1-25-13-5-2-11(3-6-13)16-26-18(9-21,10-22)19(27-16)14-8-12(20)4-7-15(14)23-17(19)24/h2-8,16H,1H3,(H,23,24)/t16-,19-/m0/s1. The summed E-state index contributed by atoms with van der Waals surface area (Å²) in [6, 6.07) is 15.1. The number of hydrogen-bond donors (Lipinski definition) is 1. The van der Waals surface area contributed by atoms with Gasteiger partial charge in [-0.05, 0) is 30.3 Å². The summed E-state index contributed by atoms with van der Waals surface area (Å²) in [4.78, 5) is 12.9. The van der Waals surface area contributed by atoms with E-state index in [1.165, 1.54) is 13.2 Å². The number of ether oxygens (including phenoxy) is 3. The highest BCUT2D eigenvalue weighted by Gasteiger charge is 2.71. The van der Waals surface area contributed by atoms with Crippen LogP contribution in [0.15, 0.2) is 42.5 Å². The molecule has 2 aromatic rings. The van der Waals surface area contributed by atoms with Gasteiger partial charge in [-0.15, -0.1) is 0 Å². The number of halogens is 1. The van der Waals surface area contributed by atoms with E-state index >= 15 is 0 Å². The third kappa shape index (κ3) is 2.23. The van der Waals surface area contributed by atoms with Crippen LogP contribution >= 0.6 is 11.6 Å². The van der Waals surface area contributed by atoms with E-state index in [4.69, 9.17) is 25.8 Å². The van der Waals surface area contributed by atoms with E-state index in [0.717, 1.165) is 0 Å². The van der Waals surface area contributed by atoms with E-state index in [9.17, 15) is 15.3 Å². The molecule has 134 valence electrons. The summed E-state index contributed by atoms with van der Waals surface area (Å²) in [5.41, 5.74) is -2.90. The quantitative estimate of drug-likeness (QED) is 0.857. The van der Waals surface area contributed by atoms with Gasteiger partial charge in [-0.1, -0.05) is 23.7 Å². The van der Waals surface area contributed by atoms with Gasteiger partial charge in [-0.25, -0.2) is 0 Å². The Balaban J connectivity index is 1.87. The fourth-order valence-electron chi connectivity index (χ4n) is 3.36. The van der Waals surface area contributed by atoms with E-state index in [1.54, 1.807) is 36.4 Å². The zero-order valence-electron chi connectivity index (χ0n) is 14.0. The number of fused-ring (bicyclic) bond motifs is 2. The van der Waals surface area contributed by atoms with Crippen LogP contribution < -0.4 is 10.1 Å². The highest BCUT2D eigenvalue weighted by molar-refractivity contribution is 6.31. The smallest absolute Gasteiger partial charge is 0.286 e. The third-order valence-electron chi connectivity index (χ3n) is 4.70. The first-order valence-electron chi connectivity index (χ1n) is 7.93. The minimum absolute atomic E-state index is 0.291. The summed E-state index contributed by atoms with van der Waals surface area (Å²) in [7, 11) is 1.53. The van der Waals surface area contributed by atoms with Crippen molar-refractivity contribution in [3.63, 3.8) is 0 Å². The molecular weight excluding hydrogens is 370 g/mol. The lowest BCUT2D eigenvalue weighted by molar-refractivity contribution is -0.143. The Hall–Kier alpha value is -3.10. The molecule has 2 atom stereocenters. The molecule has 1 fully saturated rings. The number of nitriles is 2. The lowest BCUT2D eigenvalue weighted by atomic mass is 9.80. The maximum absolute atomic E-state index is 12.9. The predicted octanol–water partition coefficient (Wildman–Crippen LogP) is 3.03. The minimum Gasteiger partial charge on any atom is -0.497 e. The topological polar surface area (TPSA) is 104 Å². The fourth-order valence-corrected chi connectivity index (χ4v) is 3.53. The summed E-state index contributed by atoms with van der Waals surface area (Å²) in [5.74, 6) is -0.0343. The molecule has 2 aliphatic heterocycles. The molecule has 1 amide bonds. The van der Waals surface area contributed by atoms with Gasteiger partial charge in [0, 0.05) is 21.8 Å². The zero-order valence-corrected chi connectivity index (χ0v) is 14.8. The van der Waals surface area contributed by atoms with Crippen LogP contribution in [0.25, 0.3) is 0 Å². The molecule has 2 aromatic carbocycles. The van der Waals surface area contributed by atoms with E-state index in [1.807, 2.05) is 12.1 Å².